The third kappa shape index (κ3) is 5.56. The van der Waals surface area contributed by atoms with E-state index in [2.05, 4.69) is 24.3 Å². The molecule has 20 heavy (non-hydrogen) atoms. The maximum Gasteiger partial charge on any atom is 0.0406 e. The molecule has 0 atom stereocenters. The fraction of sp³-hybridized carbons (Fsp3) is 0.333. The molecule has 2 aromatic carbocycles. The van der Waals surface area contributed by atoms with Crippen LogP contribution in [0, 0.1) is 0 Å². The van der Waals surface area contributed by atoms with Gasteiger partial charge < -0.3 is 0 Å². The SMILES string of the molecule is Clc1ccc(CCCCCCc2ccc(Cl)cc2)cc1. The zero-order valence-corrected chi connectivity index (χ0v) is 13.1. The second kappa shape index (κ2) is 8.34. The number of unbranched alkanes of at least 4 members (excludes halogenated alkanes) is 3. The van der Waals surface area contributed by atoms with E-state index >= 15 is 0 Å². The predicted octanol–water partition coefficient (Wildman–Crippen LogP) is 6.34. The van der Waals surface area contributed by atoms with Gasteiger partial charge in [-0.2, -0.15) is 0 Å². The van der Waals surface area contributed by atoms with Crippen molar-refractivity contribution in [2.45, 2.75) is 38.5 Å². The van der Waals surface area contributed by atoms with Gasteiger partial charge in [-0.1, -0.05) is 60.3 Å². The Hall–Kier alpha value is -0.980. The number of halogens is 2. The summed E-state index contributed by atoms with van der Waals surface area (Å²) < 4.78 is 0. The molecule has 106 valence electrons. The minimum Gasteiger partial charge on any atom is -0.0843 e. The summed E-state index contributed by atoms with van der Waals surface area (Å²) in [6.07, 6.45) is 7.38. The van der Waals surface area contributed by atoms with Crippen molar-refractivity contribution in [3.63, 3.8) is 0 Å². The van der Waals surface area contributed by atoms with Crippen LogP contribution in [-0.4, -0.2) is 0 Å². The lowest BCUT2D eigenvalue weighted by molar-refractivity contribution is 0.640. The van der Waals surface area contributed by atoms with E-state index in [0.29, 0.717) is 0 Å². The highest BCUT2D eigenvalue weighted by molar-refractivity contribution is 6.30. The van der Waals surface area contributed by atoms with E-state index in [1.54, 1.807) is 0 Å². The average Bonchev–Trinajstić information content (AvgIpc) is 2.46. The van der Waals surface area contributed by atoms with Crippen LogP contribution in [-0.2, 0) is 12.8 Å². The molecule has 0 aromatic heterocycles. The van der Waals surface area contributed by atoms with Crippen LogP contribution in [0.5, 0.6) is 0 Å². The summed E-state index contributed by atoms with van der Waals surface area (Å²) in [6.45, 7) is 0. The first-order chi connectivity index (χ1) is 9.74. The summed E-state index contributed by atoms with van der Waals surface area (Å²) in [5.41, 5.74) is 2.76. The topological polar surface area (TPSA) is 0 Å². The summed E-state index contributed by atoms with van der Waals surface area (Å²) in [5, 5.41) is 1.63. The summed E-state index contributed by atoms with van der Waals surface area (Å²) in [5.74, 6) is 0. The van der Waals surface area contributed by atoms with Crippen LogP contribution in [0.4, 0.5) is 0 Å². The van der Waals surface area contributed by atoms with Crippen LogP contribution >= 0.6 is 23.2 Å². The number of benzene rings is 2. The van der Waals surface area contributed by atoms with Crippen molar-refractivity contribution in [1.29, 1.82) is 0 Å². The Labute approximate surface area is 131 Å². The third-order valence-electron chi connectivity index (χ3n) is 3.51. The van der Waals surface area contributed by atoms with E-state index in [1.165, 1.54) is 36.8 Å². The zero-order chi connectivity index (χ0) is 14.2. The Morgan fingerprint density at radius 3 is 1.20 bits per heavy atom. The minimum atomic E-state index is 0.816. The van der Waals surface area contributed by atoms with Crippen molar-refractivity contribution in [3.8, 4) is 0 Å². The van der Waals surface area contributed by atoms with Gasteiger partial charge >= 0.3 is 0 Å². The fourth-order valence-corrected chi connectivity index (χ4v) is 2.57. The van der Waals surface area contributed by atoms with Crippen LogP contribution in [0.25, 0.3) is 0 Å². The average molecular weight is 307 g/mol. The van der Waals surface area contributed by atoms with Gasteiger partial charge in [-0.05, 0) is 61.1 Å². The van der Waals surface area contributed by atoms with Gasteiger partial charge in [0.1, 0.15) is 0 Å². The van der Waals surface area contributed by atoms with Gasteiger partial charge in [-0.3, -0.25) is 0 Å². The minimum absolute atomic E-state index is 0.816. The van der Waals surface area contributed by atoms with Gasteiger partial charge in [0.15, 0.2) is 0 Å². The number of aryl methyl sites for hydroxylation is 2. The quantitative estimate of drug-likeness (QED) is 0.524. The van der Waals surface area contributed by atoms with E-state index in [0.717, 1.165) is 22.9 Å². The third-order valence-corrected chi connectivity index (χ3v) is 4.01. The first-order valence-electron chi connectivity index (χ1n) is 7.23. The highest BCUT2D eigenvalue weighted by Crippen LogP contribution is 2.15. The monoisotopic (exact) mass is 306 g/mol. The maximum atomic E-state index is 5.87. The highest BCUT2D eigenvalue weighted by atomic mass is 35.5. The van der Waals surface area contributed by atoms with Gasteiger partial charge in [0.05, 0.1) is 0 Å². The van der Waals surface area contributed by atoms with Crippen molar-refractivity contribution < 1.29 is 0 Å². The first-order valence-corrected chi connectivity index (χ1v) is 7.98. The Bertz CT molecular complexity index is 450. The largest absolute Gasteiger partial charge is 0.0843 e. The molecule has 0 aliphatic rings. The summed E-state index contributed by atoms with van der Waals surface area (Å²) in [6, 6.07) is 16.4. The van der Waals surface area contributed by atoms with Crippen LogP contribution in [0.2, 0.25) is 10.0 Å². The van der Waals surface area contributed by atoms with Crippen LogP contribution in [0.1, 0.15) is 36.8 Å². The van der Waals surface area contributed by atoms with Gasteiger partial charge in [-0.25, -0.2) is 0 Å². The molecule has 0 bridgehead atoms. The van der Waals surface area contributed by atoms with Crippen LogP contribution in [0.15, 0.2) is 48.5 Å². The van der Waals surface area contributed by atoms with Crippen LogP contribution in [0.3, 0.4) is 0 Å². The van der Waals surface area contributed by atoms with E-state index in [1.807, 2.05) is 24.3 Å². The molecule has 0 unspecified atom stereocenters. The Balaban J connectivity index is 1.57. The predicted molar refractivity (Wildman–Crippen MR) is 88.8 cm³/mol. The molecular weight excluding hydrogens is 287 g/mol. The van der Waals surface area contributed by atoms with E-state index in [-0.39, 0.29) is 0 Å². The molecule has 0 aliphatic carbocycles. The van der Waals surface area contributed by atoms with Gasteiger partial charge in [0.25, 0.3) is 0 Å². The lowest BCUT2D eigenvalue weighted by atomic mass is 10.0. The zero-order valence-electron chi connectivity index (χ0n) is 11.6. The lowest BCUT2D eigenvalue weighted by Crippen LogP contribution is -1.88. The van der Waals surface area contributed by atoms with Crippen LogP contribution < -0.4 is 0 Å². The molecule has 0 fully saturated rings. The van der Waals surface area contributed by atoms with E-state index in [9.17, 15) is 0 Å². The molecule has 0 nitrogen and oxygen atoms in total. The molecule has 0 amide bonds. The molecule has 0 radical (unpaired) electrons. The second-order valence-electron chi connectivity index (χ2n) is 5.17. The molecule has 2 aromatic rings. The number of hydrogen-bond donors (Lipinski definition) is 0. The van der Waals surface area contributed by atoms with Crippen molar-refractivity contribution in [2.75, 3.05) is 0 Å². The molecule has 2 heteroatoms. The van der Waals surface area contributed by atoms with Gasteiger partial charge in [0.2, 0.25) is 0 Å². The maximum absolute atomic E-state index is 5.87. The smallest absolute Gasteiger partial charge is 0.0406 e. The van der Waals surface area contributed by atoms with Crippen molar-refractivity contribution in [1.82, 2.24) is 0 Å². The van der Waals surface area contributed by atoms with Crippen molar-refractivity contribution >= 4 is 23.2 Å². The van der Waals surface area contributed by atoms with E-state index < -0.39 is 0 Å². The highest BCUT2D eigenvalue weighted by Gasteiger charge is 1.96. The molecule has 0 spiro atoms. The van der Waals surface area contributed by atoms with Gasteiger partial charge in [0, 0.05) is 10.0 Å². The first kappa shape index (κ1) is 15.4. The molecule has 0 saturated carbocycles. The summed E-state index contributed by atoms with van der Waals surface area (Å²) in [4.78, 5) is 0. The molecule has 0 saturated heterocycles. The fourth-order valence-electron chi connectivity index (χ4n) is 2.31. The Morgan fingerprint density at radius 2 is 0.850 bits per heavy atom. The van der Waals surface area contributed by atoms with Crippen molar-refractivity contribution in [2.24, 2.45) is 0 Å². The normalized spacial score (nSPS) is 10.7. The standard InChI is InChI=1S/C18H20Cl2/c19-17-11-7-15(8-12-17)5-3-1-2-4-6-16-9-13-18(20)14-10-16/h7-14H,1-6H2. The lowest BCUT2D eigenvalue weighted by Gasteiger charge is -2.03. The summed E-state index contributed by atoms with van der Waals surface area (Å²) >= 11 is 11.7. The van der Waals surface area contributed by atoms with Gasteiger partial charge in [-0.15, -0.1) is 0 Å². The Kier molecular flexibility index (Phi) is 6.42. The number of hydrogen-bond acceptors (Lipinski definition) is 0. The number of rotatable bonds is 7. The summed E-state index contributed by atoms with van der Waals surface area (Å²) in [7, 11) is 0. The molecule has 2 rings (SSSR count). The Morgan fingerprint density at radius 1 is 0.500 bits per heavy atom. The molecule has 0 aliphatic heterocycles. The van der Waals surface area contributed by atoms with E-state index in [4.69, 9.17) is 23.2 Å². The van der Waals surface area contributed by atoms with Crippen molar-refractivity contribution in [3.05, 3.63) is 69.7 Å². The molecule has 0 N–H and O–H groups in total. The molecule has 0 heterocycles. The molecular formula is C18H20Cl2. The second-order valence-corrected chi connectivity index (χ2v) is 6.04.